The molecule has 1 heterocycles. The molecule has 0 fully saturated rings. The molecule has 0 bridgehead atoms. The Bertz CT molecular complexity index is 1420. The number of aryl methyl sites for hydroxylation is 1. The predicted octanol–water partition coefficient (Wildman–Crippen LogP) is 7.80. The Hall–Kier alpha value is -2.97. The largest absolute Gasteiger partial charge is 0.465 e. The minimum atomic E-state index is -3.39. The number of hydrogen-bond donors (Lipinski definition) is 0. The van der Waals surface area contributed by atoms with Gasteiger partial charge in [0.1, 0.15) is 0 Å². The SMILES string of the molecule is C/C=C(/C)N(c1cc(-c2cccc(S(=O)(=O)CC)c2)cc(C(=O)OC)c1C)c1ncc(C)cc1Br.CC. The number of carbonyl (C=O) groups is 1. The molecule has 3 rings (SSSR count). The fraction of sp³-hybridized carbons (Fsp3) is 0.310. The van der Waals surface area contributed by atoms with Crippen molar-refractivity contribution in [3.05, 3.63) is 81.6 Å². The van der Waals surface area contributed by atoms with E-state index in [2.05, 4.69) is 20.9 Å². The first-order valence-corrected chi connectivity index (χ1v) is 14.6. The lowest BCUT2D eigenvalue weighted by Gasteiger charge is -2.29. The Labute approximate surface area is 229 Å². The number of halogens is 1. The third-order valence-electron chi connectivity index (χ3n) is 5.87. The first-order valence-electron chi connectivity index (χ1n) is 12.1. The molecule has 0 aliphatic rings. The van der Waals surface area contributed by atoms with Crippen molar-refractivity contribution in [3.8, 4) is 11.1 Å². The van der Waals surface area contributed by atoms with Crippen LogP contribution in [0.3, 0.4) is 0 Å². The second-order valence-electron chi connectivity index (χ2n) is 8.17. The van der Waals surface area contributed by atoms with Crippen molar-refractivity contribution in [1.29, 1.82) is 0 Å². The van der Waals surface area contributed by atoms with Gasteiger partial charge in [-0.05, 0) is 96.2 Å². The average Bonchev–Trinajstić information content (AvgIpc) is 2.91. The molecular weight excluding hydrogens is 552 g/mol. The number of sulfone groups is 1. The molecule has 0 aliphatic carbocycles. The second kappa shape index (κ2) is 13.0. The molecule has 0 saturated heterocycles. The number of benzene rings is 2. The van der Waals surface area contributed by atoms with E-state index in [0.29, 0.717) is 28.1 Å². The minimum absolute atomic E-state index is 0.00436. The number of rotatable bonds is 7. The number of methoxy groups -OCH3 is 1. The zero-order valence-corrected chi connectivity index (χ0v) is 25.1. The molecule has 0 radical (unpaired) electrons. The zero-order chi connectivity index (χ0) is 27.9. The lowest BCUT2D eigenvalue weighted by molar-refractivity contribution is 0.0600. The van der Waals surface area contributed by atoms with Crippen molar-refractivity contribution in [2.75, 3.05) is 17.8 Å². The summed E-state index contributed by atoms with van der Waals surface area (Å²) in [6.07, 6.45) is 3.75. The summed E-state index contributed by atoms with van der Waals surface area (Å²) in [5.41, 5.74) is 5.12. The number of anilines is 2. The summed E-state index contributed by atoms with van der Waals surface area (Å²) in [5.74, 6) is 0.200. The van der Waals surface area contributed by atoms with Crippen LogP contribution in [0.4, 0.5) is 11.5 Å². The molecule has 8 heteroatoms. The van der Waals surface area contributed by atoms with E-state index in [-0.39, 0.29) is 10.6 Å². The summed E-state index contributed by atoms with van der Waals surface area (Å²) in [4.78, 5) is 19.7. The topological polar surface area (TPSA) is 76.6 Å². The van der Waals surface area contributed by atoms with E-state index in [9.17, 15) is 13.2 Å². The van der Waals surface area contributed by atoms with Gasteiger partial charge >= 0.3 is 5.97 Å². The van der Waals surface area contributed by atoms with Crippen LogP contribution in [-0.2, 0) is 14.6 Å². The standard InChI is InChI=1S/C27H29BrN2O4S.C2H6/c1-7-18(4)30(26-24(28)12-17(3)16-29-26)25-15-21(14-23(19(25)5)27(31)34-6)20-10-9-11-22(13-20)35(32,33)8-2;1-2/h7,9-16H,8H2,1-6H3;1-2H3/b18-7-;. The Morgan fingerprint density at radius 2 is 1.78 bits per heavy atom. The van der Waals surface area contributed by atoms with Gasteiger partial charge in [0, 0.05) is 11.9 Å². The minimum Gasteiger partial charge on any atom is -0.465 e. The monoisotopic (exact) mass is 586 g/mol. The number of aromatic nitrogens is 1. The normalized spacial score (nSPS) is 11.4. The van der Waals surface area contributed by atoms with Gasteiger partial charge in [0.2, 0.25) is 0 Å². The van der Waals surface area contributed by atoms with Crippen molar-refractivity contribution < 1.29 is 17.9 Å². The highest BCUT2D eigenvalue weighted by atomic mass is 79.9. The summed E-state index contributed by atoms with van der Waals surface area (Å²) in [5, 5.41) is 0. The first-order chi connectivity index (χ1) is 17.5. The van der Waals surface area contributed by atoms with E-state index >= 15 is 0 Å². The van der Waals surface area contributed by atoms with Gasteiger partial charge in [0.15, 0.2) is 15.7 Å². The average molecular weight is 588 g/mol. The Kier molecular flexibility index (Phi) is 10.6. The molecule has 37 heavy (non-hydrogen) atoms. The third kappa shape index (κ3) is 6.67. The highest BCUT2D eigenvalue weighted by Gasteiger charge is 2.23. The Morgan fingerprint density at radius 1 is 1.11 bits per heavy atom. The number of nitrogens with zero attached hydrogens (tertiary/aromatic N) is 2. The van der Waals surface area contributed by atoms with Crippen molar-refractivity contribution in [3.63, 3.8) is 0 Å². The molecule has 0 spiro atoms. The maximum atomic E-state index is 12.8. The molecule has 0 atom stereocenters. The lowest BCUT2D eigenvalue weighted by atomic mass is 9.97. The molecule has 0 saturated carbocycles. The predicted molar refractivity (Wildman–Crippen MR) is 155 cm³/mol. The van der Waals surface area contributed by atoms with Crippen LogP contribution >= 0.6 is 15.9 Å². The number of carbonyl (C=O) groups excluding carboxylic acids is 1. The maximum absolute atomic E-state index is 12.8. The van der Waals surface area contributed by atoms with Gasteiger partial charge in [-0.1, -0.05) is 39.0 Å². The van der Waals surface area contributed by atoms with E-state index in [4.69, 9.17) is 4.74 Å². The van der Waals surface area contributed by atoms with E-state index in [1.807, 2.05) is 70.7 Å². The zero-order valence-electron chi connectivity index (χ0n) is 22.7. The number of esters is 1. The lowest BCUT2D eigenvalue weighted by Crippen LogP contribution is -2.19. The summed E-state index contributed by atoms with van der Waals surface area (Å²) in [6.45, 7) is 13.3. The summed E-state index contributed by atoms with van der Waals surface area (Å²) in [6, 6.07) is 12.4. The van der Waals surface area contributed by atoms with E-state index in [1.54, 1.807) is 37.4 Å². The quantitative estimate of drug-likeness (QED) is 0.263. The second-order valence-corrected chi connectivity index (χ2v) is 11.3. The van der Waals surface area contributed by atoms with Gasteiger partial charge in [-0.3, -0.25) is 4.90 Å². The van der Waals surface area contributed by atoms with Gasteiger partial charge in [-0.2, -0.15) is 0 Å². The smallest absolute Gasteiger partial charge is 0.338 e. The van der Waals surface area contributed by atoms with Crippen LogP contribution in [0.1, 0.15) is 56.1 Å². The molecule has 0 unspecified atom stereocenters. The third-order valence-corrected chi connectivity index (χ3v) is 8.19. The number of allylic oxidation sites excluding steroid dienone is 2. The van der Waals surface area contributed by atoms with Crippen LogP contribution in [0.15, 0.2) is 69.8 Å². The summed E-state index contributed by atoms with van der Waals surface area (Å²) < 4.78 is 30.9. The summed E-state index contributed by atoms with van der Waals surface area (Å²) in [7, 11) is -2.05. The molecule has 0 amide bonds. The highest BCUT2D eigenvalue weighted by Crippen LogP contribution is 2.39. The van der Waals surface area contributed by atoms with Crippen molar-refractivity contribution in [2.45, 2.75) is 53.4 Å². The molecule has 198 valence electrons. The number of hydrogen-bond acceptors (Lipinski definition) is 6. The molecule has 1 aromatic heterocycles. The van der Waals surface area contributed by atoms with E-state index < -0.39 is 15.8 Å². The van der Waals surface area contributed by atoms with Crippen LogP contribution < -0.4 is 4.90 Å². The van der Waals surface area contributed by atoms with Crippen LogP contribution in [0, 0.1) is 13.8 Å². The van der Waals surface area contributed by atoms with Gasteiger partial charge in [0.25, 0.3) is 0 Å². The van der Waals surface area contributed by atoms with Gasteiger partial charge in [-0.15, -0.1) is 0 Å². The Balaban J connectivity index is 0.00000235. The van der Waals surface area contributed by atoms with Crippen molar-refractivity contribution >= 4 is 43.2 Å². The first kappa shape index (κ1) is 30.3. The fourth-order valence-corrected chi connectivity index (χ4v) is 5.31. The van der Waals surface area contributed by atoms with Gasteiger partial charge in [0.05, 0.1) is 33.5 Å². The van der Waals surface area contributed by atoms with E-state index in [1.165, 1.54) is 7.11 Å². The molecule has 3 aromatic rings. The number of ether oxygens (including phenoxy) is 1. The van der Waals surface area contributed by atoms with Crippen LogP contribution in [0.5, 0.6) is 0 Å². The van der Waals surface area contributed by atoms with Crippen molar-refractivity contribution in [1.82, 2.24) is 4.98 Å². The summed E-state index contributed by atoms with van der Waals surface area (Å²) >= 11 is 3.64. The fourth-order valence-electron chi connectivity index (χ4n) is 3.75. The molecule has 2 aromatic carbocycles. The van der Waals surface area contributed by atoms with Crippen LogP contribution in [0.25, 0.3) is 11.1 Å². The van der Waals surface area contributed by atoms with Crippen LogP contribution in [0.2, 0.25) is 0 Å². The number of pyridine rings is 1. The van der Waals surface area contributed by atoms with Crippen LogP contribution in [-0.4, -0.2) is 32.2 Å². The highest BCUT2D eigenvalue weighted by molar-refractivity contribution is 9.10. The molecule has 0 aliphatic heterocycles. The van der Waals surface area contributed by atoms with Gasteiger partial charge < -0.3 is 4.74 Å². The maximum Gasteiger partial charge on any atom is 0.338 e. The van der Waals surface area contributed by atoms with Crippen molar-refractivity contribution in [2.24, 2.45) is 0 Å². The van der Waals surface area contributed by atoms with Gasteiger partial charge in [-0.25, -0.2) is 18.2 Å². The molecular formula is C29H35BrN2O4S. The Morgan fingerprint density at radius 3 is 2.35 bits per heavy atom. The molecule has 0 N–H and O–H groups in total. The molecule has 6 nitrogen and oxygen atoms in total. The van der Waals surface area contributed by atoms with E-state index in [0.717, 1.165) is 21.4 Å².